The molecule has 1 heterocycles. The zero-order chi connectivity index (χ0) is 15.6. The molecule has 0 radical (unpaired) electrons. The largest absolute Gasteiger partial charge is 0.374 e. The van der Waals surface area contributed by atoms with E-state index in [1.54, 1.807) is 0 Å². The average Bonchev–Trinajstić information content (AvgIpc) is 2.63. The van der Waals surface area contributed by atoms with Gasteiger partial charge in [0.25, 0.3) is 0 Å². The molecule has 2 aromatic rings. The summed E-state index contributed by atoms with van der Waals surface area (Å²) >= 11 is 0. The highest BCUT2D eigenvalue weighted by molar-refractivity contribution is 5.86. The van der Waals surface area contributed by atoms with E-state index >= 15 is 0 Å². The Kier molecular flexibility index (Phi) is 4.74. The molecule has 3 nitrogen and oxygen atoms in total. The fourth-order valence-electron chi connectivity index (χ4n) is 2.74. The van der Waals surface area contributed by atoms with Gasteiger partial charge in [0.05, 0.1) is 12.2 Å². The van der Waals surface area contributed by atoms with Crippen LogP contribution in [-0.4, -0.2) is 23.8 Å². The maximum absolute atomic E-state index is 5.88. The number of benzene rings is 1. The Morgan fingerprint density at radius 3 is 2.52 bits per heavy atom. The summed E-state index contributed by atoms with van der Waals surface area (Å²) in [6, 6.07) is 6.74. The molecule has 2 rings (SSSR count). The minimum Gasteiger partial charge on any atom is -0.374 e. The first-order valence-corrected chi connectivity index (χ1v) is 7.70. The van der Waals surface area contributed by atoms with E-state index in [0.717, 1.165) is 19.7 Å². The highest BCUT2D eigenvalue weighted by Crippen LogP contribution is 2.26. The van der Waals surface area contributed by atoms with Gasteiger partial charge in [-0.05, 0) is 64.9 Å². The van der Waals surface area contributed by atoms with Crippen molar-refractivity contribution in [1.82, 2.24) is 9.88 Å². The lowest BCUT2D eigenvalue weighted by molar-refractivity contribution is -0.00660. The fourth-order valence-corrected chi connectivity index (χ4v) is 2.74. The molecule has 0 unspecified atom stereocenters. The molecular weight excluding hydrogens is 260 g/mol. The standard InChI is InChI=1S/C18H28N2O/c1-13-14(2)20(9-10-21-18(3,4)5)17-8-7-15(12-19-6)11-16(13)17/h7-8,11,19H,9-10,12H2,1-6H3. The van der Waals surface area contributed by atoms with Gasteiger partial charge in [-0.15, -0.1) is 0 Å². The SMILES string of the molecule is CNCc1ccc2c(c1)c(C)c(C)n2CCOC(C)(C)C. The summed E-state index contributed by atoms with van der Waals surface area (Å²) in [5.41, 5.74) is 5.27. The van der Waals surface area contributed by atoms with Crippen LogP contribution in [0.3, 0.4) is 0 Å². The van der Waals surface area contributed by atoms with Gasteiger partial charge < -0.3 is 14.6 Å². The Labute approximate surface area is 128 Å². The van der Waals surface area contributed by atoms with Crippen molar-refractivity contribution in [3.8, 4) is 0 Å². The van der Waals surface area contributed by atoms with E-state index in [2.05, 4.69) is 62.7 Å². The van der Waals surface area contributed by atoms with E-state index < -0.39 is 0 Å². The van der Waals surface area contributed by atoms with Gasteiger partial charge in [0, 0.05) is 29.7 Å². The van der Waals surface area contributed by atoms with Gasteiger partial charge in [-0.1, -0.05) is 6.07 Å². The Balaban J connectivity index is 2.29. The molecule has 0 saturated heterocycles. The van der Waals surface area contributed by atoms with Gasteiger partial charge in [-0.25, -0.2) is 0 Å². The van der Waals surface area contributed by atoms with E-state index in [1.807, 2.05) is 7.05 Å². The summed E-state index contributed by atoms with van der Waals surface area (Å²) in [6.45, 7) is 13.3. The molecule has 0 spiro atoms. The second-order valence-electron chi connectivity index (χ2n) is 6.70. The Bertz CT molecular complexity index is 620. The van der Waals surface area contributed by atoms with Crippen molar-refractivity contribution in [2.24, 2.45) is 0 Å². The van der Waals surface area contributed by atoms with Crippen LogP contribution in [0.4, 0.5) is 0 Å². The molecule has 0 bridgehead atoms. The summed E-state index contributed by atoms with van der Waals surface area (Å²) in [5.74, 6) is 0. The third-order valence-electron chi connectivity index (χ3n) is 3.93. The number of rotatable bonds is 5. The molecule has 0 aliphatic rings. The predicted octanol–water partition coefficient (Wildman–Crippen LogP) is 3.79. The second-order valence-corrected chi connectivity index (χ2v) is 6.70. The fraction of sp³-hybridized carbons (Fsp3) is 0.556. The van der Waals surface area contributed by atoms with Gasteiger partial charge in [0.2, 0.25) is 0 Å². The summed E-state index contributed by atoms with van der Waals surface area (Å²) in [4.78, 5) is 0. The van der Waals surface area contributed by atoms with Crippen molar-refractivity contribution >= 4 is 10.9 Å². The molecular formula is C18H28N2O. The lowest BCUT2D eigenvalue weighted by atomic mass is 10.1. The van der Waals surface area contributed by atoms with Crippen molar-refractivity contribution < 1.29 is 4.74 Å². The van der Waals surface area contributed by atoms with E-state index in [9.17, 15) is 0 Å². The maximum atomic E-state index is 5.88. The lowest BCUT2D eigenvalue weighted by Gasteiger charge is -2.20. The van der Waals surface area contributed by atoms with E-state index in [4.69, 9.17) is 4.74 Å². The van der Waals surface area contributed by atoms with Crippen LogP contribution in [0, 0.1) is 13.8 Å². The van der Waals surface area contributed by atoms with Crippen molar-refractivity contribution in [3.05, 3.63) is 35.0 Å². The number of fused-ring (bicyclic) bond motifs is 1. The minimum atomic E-state index is -0.0775. The highest BCUT2D eigenvalue weighted by atomic mass is 16.5. The van der Waals surface area contributed by atoms with Crippen LogP contribution in [0.25, 0.3) is 10.9 Å². The average molecular weight is 288 g/mol. The van der Waals surface area contributed by atoms with Crippen molar-refractivity contribution in [1.29, 1.82) is 0 Å². The molecule has 0 saturated carbocycles. The third-order valence-corrected chi connectivity index (χ3v) is 3.93. The van der Waals surface area contributed by atoms with Gasteiger partial charge in [0.1, 0.15) is 0 Å². The molecule has 3 heteroatoms. The molecule has 0 aliphatic carbocycles. The summed E-state index contributed by atoms with van der Waals surface area (Å²) < 4.78 is 8.25. The summed E-state index contributed by atoms with van der Waals surface area (Å²) in [5, 5.41) is 4.57. The van der Waals surface area contributed by atoms with Crippen LogP contribution in [0.2, 0.25) is 0 Å². The Morgan fingerprint density at radius 1 is 1.19 bits per heavy atom. The first-order chi connectivity index (χ1) is 9.83. The monoisotopic (exact) mass is 288 g/mol. The zero-order valence-electron chi connectivity index (χ0n) is 14.2. The smallest absolute Gasteiger partial charge is 0.0652 e. The summed E-state index contributed by atoms with van der Waals surface area (Å²) in [6.07, 6.45) is 0. The Hall–Kier alpha value is -1.32. The van der Waals surface area contributed by atoms with Crippen LogP contribution in [0.15, 0.2) is 18.2 Å². The summed E-state index contributed by atoms with van der Waals surface area (Å²) in [7, 11) is 1.98. The normalized spacial score (nSPS) is 12.3. The van der Waals surface area contributed by atoms with Crippen LogP contribution in [0.1, 0.15) is 37.6 Å². The zero-order valence-corrected chi connectivity index (χ0v) is 14.2. The van der Waals surface area contributed by atoms with Crippen molar-refractivity contribution in [2.45, 2.75) is 53.3 Å². The third kappa shape index (κ3) is 3.66. The molecule has 1 aromatic carbocycles. The number of nitrogens with one attached hydrogen (secondary N) is 1. The quantitative estimate of drug-likeness (QED) is 0.906. The topological polar surface area (TPSA) is 26.2 Å². The molecule has 116 valence electrons. The van der Waals surface area contributed by atoms with Crippen LogP contribution in [0.5, 0.6) is 0 Å². The van der Waals surface area contributed by atoms with Gasteiger partial charge >= 0.3 is 0 Å². The van der Waals surface area contributed by atoms with Crippen LogP contribution < -0.4 is 5.32 Å². The van der Waals surface area contributed by atoms with Crippen molar-refractivity contribution in [2.75, 3.05) is 13.7 Å². The number of hydrogen-bond acceptors (Lipinski definition) is 2. The molecule has 1 aromatic heterocycles. The molecule has 0 aliphatic heterocycles. The van der Waals surface area contributed by atoms with Crippen LogP contribution in [-0.2, 0) is 17.8 Å². The van der Waals surface area contributed by atoms with E-state index in [0.29, 0.717) is 0 Å². The molecule has 21 heavy (non-hydrogen) atoms. The van der Waals surface area contributed by atoms with Gasteiger partial charge in [0.15, 0.2) is 0 Å². The van der Waals surface area contributed by atoms with E-state index in [-0.39, 0.29) is 5.60 Å². The number of aryl methyl sites for hydroxylation is 1. The van der Waals surface area contributed by atoms with Crippen LogP contribution >= 0.6 is 0 Å². The number of ether oxygens (including phenoxy) is 1. The maximum Gasteiger partial charge on any atom is 0.0652 e. The number of nitrogens with zero attached hydrogens (tertiary/aromatic N) is 1. The molecule has 0 amide bonds. The number of hydrogen-bond donors (Lipinski definition) is 1. The highest BCUT2D eigenvalue weighted by Gasteiger charge is 2.13. The minimum absolute atomic E-state index is 0.0775. The first kappa shape index (κ1) is 16.1. The number of aromatic nitrogens is 1. The van der Waals surface area contributed by atoms with Crippen molar-refractivity contribution in [3.63, 3.8) is 0 Å². The molecule has 1 N–H and O–H groups in total. The molecule has 0 atom stereocenters. The van der Waals surface area contributed by atoms with Gasteiger partial charge in [-0.3, -0.25) is 0 Å². The second kappa shape index (κ2) is 6.20. The Morgan fingerprint density at radius 2 is 1.90 bits per heavy atom. The first-order valence-electron chi connectivity index (χ1n) is 7.70. The predicted molar refractivity (Wildman–Crippen MR) is 89.9 cm³/mol. The van der Waals surface area contributed by atoms with Gasteiger partial charge in [-0.2, -0.15) is 0 Å². The van der Waals surface area contributed by atoms with E-state index in [1.165, 1.54) is 27.7 Å². The lowest BCUT2D eigenvalue weighted by Crippen LogP contribution is -2.22. The molecule has 0 fully saturated rings.